The largest absolute Gasteiger partial charge is 0.455 e. The number of fused-ring (bicyclic) bond motifs is 10. The lowest BCUT2D eigenvalue weighted by molar-refractivity contribution is 0.670. The second-order valence-electron chi connectivity index (χ2n) is 17.4. The van der Waals surface area contributed by atoms with Crippen LogP contribution in [0.4, 0.5) is 0 Å². The lowest BCUT2D eigenvalue weighted by atomic mass is 9.96. The Kier molecular flexibility index (Phi) is 8.21. The molecule has 0 bridgehead atoms. The predicted octanol–water partition coefficient (Wildman–Crippen LogP) is 16.4. The van der Waals surface area contributed by atoms with Gasteiger partial charge in [0.2, 0.25) is 0 Å². The molecule has 14 aromatic rings. The SMILES string of the molecule is c1ccc(-c2cc(-c3cccc(-c4cccc5c4oc4ccc(-n6c7ccccc7c7cc(-c8ccc9c(c8)c8ccccc8n9-c8ccccc8)ccc76)cc45)c3)nc3ccncc23)cc1. The normalized spacial score (nSPS) is 11.9. The zero-order valence-electron chi connectivity index (χ0n) is 36.1. The van der Waals surface area contributed by atoms with Gasteiger partial charge in [-0.3, -0.25) is 4.98 Å². The number of pyridine rings is 2. The molecule has 5 aromatic heterocycles. The van der Waals surface area contributed by atoms with E-state index in [2.05, 4.69) is 220 Å². The molecular weight excluding hydrogens is 817 g/mol. The highest BCUT2D eigenvalue weighted by atomic mass is 16.3. The lowest BCUT2D eigenvalue weighted by Gasteiger charge is -2.11. The second kappa shape index (κ2) is 14.7. The summed E-state index contributed by atoms with van der Waals surface area (Å²) in [6.07, 6.45) is 3.72. The smallest absolute Gasteiger partial charge is 0.143 e. The lowest BCUT2D eigenvalue weighted by Crippen LogP contribution is -1.93. The second-order valence-corrected chi connectivity index (χ2v) is 17.4. The van der Waals surface area contributed by atoms with E-state index in [-0.39, 0.29) is 0 Å². The Balaban J connectivity index is 0.867. The highest BCUT2D eigenvalue weighted by Gasteiger charge is 2.19. The highest BCUT2D eigenvalue weighted by molar-refractivity contribution is 6.14. The van der Waals surface area contributed by atoms with Gasteiger partial charge in [0.15, 0.2) is 0 Å². The summed E-state index contributed by atoms with van der Waals surface area (Å²) in [5, 5.41) is 8.11. The Labute approximate surface area is 385 Å². The zero-order valence-corrected chi connectivity index (χ0v) is 36.1. The van der Waals surface area contributed by atoms with Crippen LogP contribution in [0.25, 0.3) is 132 Å². The zero-order chi connectivity index (χ0) is 44.0. The van der Waals surface area contributed by atoms with Crippen LogP contribution in [0.3, 0.4) is 0 Å². The molecule has 0 aliphatic carbocycles. The predicted molar refractivity (Wildman–Crippen MR) is 277 cm³/mol. The van der Waals surface area contributed by atoms with Crippen LogP contribution in [0.1, 0.15) is 0 Å². The van der Waals surface area contributed by atoms with E-state index in [9.17, 15) is 0 Å². The molecule has 0 N–H and O–H groups in total. The van der Waals surface area contributed by atoms with Gasteiger partial charge in [-0.25, -0.2) is 4.98 Å². The van der Waals surface area contributed by atoms with Crippen molar-refractivity contribution in [1.29, 1.82) is 0 Å². The summed E-state index contributed by atoms with van der Waals surface area (Å²) in [5.41, 5.74) is 18.3. The minimum absolute atomic E-state index is 0.853. The van der Waals surface area contributed by atoms with Gasteiger partial charge in [-0.15, -0.1) is 0 Å². The van der Waals surface area contributed by atoms with Crippen molar-refractivity contribution in [2.45, 2.75) is 0 Å². The van der Waals surface area contributed by atoms with Crippen LogP contribution < -0.4 is 0 Å². The Morgan fingerprint density at radius 1 is 0.343 bits per heavy atom. The van der Waals surface area contributed by atoms with Crippen LogP contribution in [0.2, 0.25) is 0 Å². The Bertz CT molecular complexity index is 4270. The van der Waals surface area contributed by atoms with Crippen molar-refractivity contribution in [1.82, 2.24) is 19.1 Å². The van der Waals surface area contributed by atoms with E-state index in [0.29, 0.717) is 0 Å². The molecule has 312 valence electrons. The molecule has 5 heteroatoms. The number of para-hydroxylation sites is 4. The molecule has 0 atom stereocenters. The van der Waals surface area contributed by atoms with Crippen LogP contribution in [-0.4, -0.2) is 19.1 Å². The van der Waals surface area contributed by atoms with Crippen LogP contribution >= 0.6 is 0 Å². The van der Waals surface area contributed by atoms with Crippen LogP contribution in [0.15, 0.2) is 235 Å². The molecule has 5 nitrogen and oxygen atoms in total. The van der Waals surface area contributed by atoms with Crippen molar-refractivity contribution >= 4 is 76.5 Å². The Hall–Kier alpha value is -9.06. The van der Waals surface area contributed by atoms with Crippen LogP contribution in [-0.2, 0) is 0 Å². The first-order chi connectivity index (χ1) is 33.2. The van der Waals surface area contributed by atoms with Crippen LogP contribution in [0, 0.1) is 0 Å². The molecule has 0 amide bonds. The van der Waals surface area contributed by atoms with Gasteiger partial charge in [-0.2, -0.15) is 0 Å². The summed E-state index contributed by atoms with van der Waals surface area (Å²) >= 11 is 0. The monoisotopic (exact) mass is 854 g/mol. The minimum Gasteiger partial charge on any atom is -0.455 e. The van der Waals surface area contributed by atoms with Crippen molar-refractivity contribution in [3.8, 4) is 56.0 Å². The molecule has 0 aliphatic heterocycles. The summed E-state index contributed by atoms with van der Waals surface area (Å²) in [7, 11) is 0. The summed E-state index contributed by atoms with van der Waals surface area (Å²) in [6, 6.07) is 78.3. The Morgan fingerprint density at radius 2 is 0.955 bits per heavy atom. The van der Waals surface area contributed by atoms with E-state index in [1.807, 2.05) is 24.5 Å². The molecule has 0 aliphatic rings. The maximum Gasteiger partial charge on any atom is 0.143 e. The van der Waals surface area contributed by atoms with Gasteiger partial charge in [0.05, 0.1) is 33.3 Å². The van der Waals surface area contributed by atoms with Gasteiger partial charge in [-0.1, -0.05) is 133 Å². The fourth-order valence-electron chi connectivity index (χ4n) is 10.5. The third kappa shape index (κ3) is 5.88. The number of aromatic nitrogens is 4. The van der Waals surface area contributed by atoms with E-state index in [1.54, 1.807) is 0 Å². The van der Waals surface area contributed by atoms with Gasteiger partial charge >= 0.3 is 0 Å². The molecule has 0 radical (unpaired) electrons. The van der Waals surface area contributed by atoms with Crippen LogP contribution in [0.5, 0.6) is 0 Å². The highest BCUT2D eigenvalue weighted by Crippen LogP contribution is 2.42. The molecule has 9 aromatic carbocycles. The topological polar surface area (TPSA) is 48.8 Å². The van der Waals surface area contributed by atoms with Crippen molar-refractivity contribution in [3.63, 3.8) is 0 Å². The van der Waals surface area contributed by atoms with Gasteiger partial charge in [0.1, 0.15) is 11.2 Å². The average molecular weight is 855 g/mol. The third-order valence-electron chi connectivity index (χ3n) is 13.6. The molecule has 0 unspecified atom stereocenters. The van der Waals surface area contributed by atoms with E-state index < -0.39 is 0 Å². The summed E-state index contributed by atoms with van der Waals surface area (Å²) in [4.78, 5) is 9.56. The number of benzene rings is 9. The fourth-order valence-corrected chi connectivity index (χ4v) is 10.5. The molecule has 0 saturated heterocycles. The Morgan fingerprint density at radius 3 is 1.70 bits per heavy atom. The van der Waals surface area contributed by atoms with Crippen molar-refractivity contribution < 1.29 is 4.42 Å². The quantitative estimate of drug-likeness (QED) is 0.167. The molecule has 0 saturated carbocycles. The van der Waals surface area contributed by atoms with Crippen molar-refractivity contribution in [3.05, 3.63) is 231 Å². The molecule has 5 heterocycles. The molecule has 0 fully saturated rings. The maximum absolute atomic E-state index is 6.78. The first kappa shape index (κ1) is 37.3. The molecule has 67 heavy (non-hydrogen) atoms. The van der Waals surface area contributed by atoms with E-state index in [0.717, 1.165) is 88.8 Å². The van der Waals surface area contributed by atoms with Gasteiger partial charge < -0.3 is 13.6 Å². The number of nitrogens with zero attached hydrogens (tertiary/aromatic N) is 4. The summed E-state index contributed by atoms with van der Waals surface area (Å²) in [6.45, 7) is 0. The minimum atomic E-state index is 0.853. The van der Waals surface area contributed by atoms with E-state index in [1.165, 1.54) is 43.7 Å². The maximum atomic E-state index is 6.78. The van der Waals surface area contributed by atoms with Gasteiger partial charge in [0.25, 0.3) is 0 Å². The molecule has 0 spiro atoms. The average Bonchev–Trinajstić information content (AvgIpc) is 4.06. The first-order valence-electron chi connectivity index (χ1n) is 22.7. The number of rotatable bonds is 6. The number of hydrogen-bond acceptors (Lipinski definition) is 3. The van der Waals surface area contributed by atoms with E-state index in [4.69, 9.17) is 9.40 Å². The summed E-state index contributed by atoms with van der Waals surface area (Å²) < 4.78 is 11.5. The third-order valence-corrected chi connectivity index (χ3v) is 13.6. The molecular formula is C62H38N4O. The fraction of sp³-hybridized carbons (Fsp3) is 0. The first-order valence-corrected chi connectivity index (χ1v) is 22.7. The number of furan rings is 1. The molecule has 14 rings (SSSR count). The van der Waals surface area contributed by atoms with E-state index >= 15 is 0 Å². The summed E-state index contributed by atoms with van der Waals surface area (Å²) in [5.74, 6) is 0. The van der Waals surface area contributed by atoms with Crippen molar-refractivity contribution in [2.24, 2.45) is 0 Å². The number of hydrogen-bond donors (Lipinski definition) is 0. The van der Waals surface area contributed by atoms with Gasteiger partial charge in [-0.05, 0) is 113 Å². The van der Waals surface area contributed by atoms with Gasteiger partial charge in [0, 0.05) is 72.6 Å². The standard InChI is InChI=1S/C62H38N4O/c1-3-13-39(14-4-1)50-37-56(64-55-31-32-63-38-54(50)55)43-16-11-15-42(33-43)46-21-12-22-49-53-36-45(27-30-61(53)67-62(46)49)66-58-24-10-8-20-48(58)52-35-41(26-29-60(52)66)40-25-28-59-51(34-40)47-19-7-9-23-57(47)65(59)44-17-5-2-6-18-44/h1-38H. The van der Waals surface area contributed by atoms with Crippen molar-refractivity contribution in [2.75, 3.05) is 0 Å².